The average molecular weight is 369 g/mol. The van der Waals surface area contributed by atoms with Crippen molar-refractivity contribution in [2.45, 2.75) is 6.54 Å². The van der Waals surface area contributed by atoms with Crippen molar-refractivity contribution in [3.63, 3.8) is 0 Å². The smallest absolute Gasteiger partial charge is 0.332 e. The van der Waals surface area contributed by atoms with Crippen LogP contribution in [0.1, 0.15) is 0 Å². The van der Waals surface area contributed by atoms with E-state index in [0.717, 1.165) is 17.7 Å². The van der Waals surface area contributed by atoms with Crippen LogP contribution in [0.2, 0.25) is 0 Å². The minimum absolute atomic E-state index is 0. The molecule has 10 heteroatoms. The van der Waals surface area contributed by atoms with Crippen LogP contribution < -0.4 is 16.6 Å². The Hall–Kier alpha value is -2.13. The van der Waals surface area contributed by atoms with Gasteiger partial charge in [-0.2, -0.15) is 0 Å². The molecule has 9 nitrogen and oxygen atoms in total. The Morgan fingerprint density at radius 1 is 1.24 bits per heavy atom. The Morgan fingerprint density at radius 2 is 1.88 bits per heavy atom. The number of carbonyl (C=O) groups is 1. The Bertz CT molecular complexity index is 933. The maximum Gasteiger partial charge on any atom is 0.332 e. The average Bonchev–Trinajstić information content (AvgIpc) is 3.23. The van der Waals surface area contributed by atoms with Gasteiger partial charge in [0.25, 0.3) is 5.56 Å². The molecule has 0 unspecified atom stereocenters. The van der Waals surface area contributed by atoms with Gasteiger partial charge in [0.1, 0.15) is 6.54 Å². The van der Waals surface area contributed by atoms with Gasteiger partial charge in [-0.15, -0.1) is 12.4 Å². The van der Waals surface area contributed by atoms with Gasteiger partial charge >= 0.3 is 5.69 Å². The highest BCUT2D eigenvalue weighted by molar-refractivity contribution is 5.85. The number of imidazole rings is 1. The van der Waals surface area contributed by atoms with E-state index in [9.17, 15) is 14.4 Å². The summed E-state index contributed by atoms with van der Waals surface area (Å²) in [6.07, 6.45) is 1.49. The molecule has 2 aromatic rings. The van der Waals surface area contributed by atoms with Gasteiger partial charge in [-0.25, -0.2) is 14.3 Å². The SMILES string of the molecule is Cl.Cn1cnc2c1c(=O)n(CC(=O)N1C[C@H]3CNC[C@H]3C1)c(=O)n2C. The molecule has 0 aliphatic carbocycles. The first-order valence-corrected chi connectivity index (χ1v) is 8.06. The van der Waals surface area contributed by atoms with Gasteiger partial charge in [0, 0.05) is 40.3 Å². The summed E-state index contributed by atoms with van der Waals surface area (Å²) in [5, 5.41) is 3.33. The van der Waals surface area contributed by atoms with Crippen molar-refractivity contribution >= 4 is 29.5 Å². The summed E-state index contributed by atoms with van der Waals surface area (Å²) in [6.45, 7) is 3.02. The molecule has 0 bridgehead atoms. The molecule has 0 saturated carbocycles. The number of nitrogens with one attached hydrogen (secondary N) is 1. The third-order valence-electron chi connectivity index (χ3n) is 5.24. The van der Waals surface area contributed by atoms with Crippen LogP contribution in [0.25, 0.3) is 11.2 Å². The second kappa shape index (κ2) is 6.30. The quantitative estimate of drug-likeness (QED) is 0.698. The zero-order valence-corrected chi connectivity index (χ0v) is 15.0. The Balaban J connectivity index is 0.00000182. The number of fused-ring (bicyclic) bond motifs is 2. The fourth-order valence-electron chi connectivity index (χ4n) is 3.83. The lowest BCUT2D eigenvalue weighted by Gasteiger charge is -2.18. The molecule has 136 valence electrons. The summed E-state index contributed by atoms with van der Waals surface area (Å²) in [7, 11) is 3.26. The van der Waals surface area contributed by atoms with Gasteiger partial charge in [-0.05, 0) is 11.8 Å². The largest absolute Gasteiger partial charge is 0.340 e. The highest BCUT2D eigenvalue weighted by atomic mass is 35.5. The van der Waals surface area contributed by atoms with Crippen molar-refractivity contribution in [3.05, 3.63) is 27.2 Å². The standard InChI is InChI=1S/C15H20N6O3.ClH/c1-18-8-17-13-12(18)14(23)21(15(24)19(13)2)7-11(22)20-5-9-3-16-4-10(9)6-20;/h8-10,16H,3-7H2,1-2H3;1H/t9-,10+;. The van der Waals surface area contributed by atoms with Gasteiger partial charge < -0.3 is 14.8 Å². The third-order valence-corrected chi connectivity index (χ3v) is 5.24. The number of likely N-dealkylation sites (tertiary alicyclic amines) is 1. The molecule has 2 aliphatic rings. The lowest BCUT2D eigenvalue weighted by atomic mass is 10.0. The molecule has 0 aromatic carbocycles. The van der Waals surface area contributed by atoms with E-state index in [4.69, 9.17) is 0 Å². The first kappa shape index (κ1) is 17.7. The zero-order chi connectivity index (χ0) is 17.0. The van der Waals surface area contributed by atoms with Crippen LogP contribution in [-0.4, -0.2) is 55.7 Å². The topological polar surface area (TPSA) is 94.2 Å². The van der Waals surface area contributed by atoms with Gasteiger partial charge in [0.05, 0.1) is 6.33 Å². The highest BCUT2D eigenvalue weighted by Crippen LogP contribution is 2.26. The summed E-state index contributed by atoms with van der Waals surface area (Å²) < 4.78 is 3.90. The summed E-state index contributed by atoms with van der Waals surface area (Å²) in [6, 6.07) is 0. The molecule has 4 heterocycles. The summed E-state index contributed by atoms with van der Waals surface area (Å²) in [5.74, 6) is 0.784. The van der Waals surface area contributed by atoms with Crippen molar-refractivity contribution < 1.29 is 4.79 Å². The Morgan fingerprint density at radius 3 is 2.52 bits per heavy atom. The fourth-order valence-corrected chi connectivity index (χ4v) is 3.83. The van der Waals surface area contributed by atoms with E-state index in [1.165, 1.54) is 10.9 Å². The first-order chi connectivity index (χ1) is 11.5. The number of halogens is 1. The van der Waals surface area contributed by atoms with E-state index in [0.29, 0.717) is 36.1 Å². The number of aromatic nitrogens is 4. The summed E-state index contributed by atoms with van der Waals surface area (Å²) >= 11 is 0. The molecular weight excluding hydrogens is 348 g/mol. The van der Waals surface area contributed by atoms with Crippen LogP contribution in [0.15, 0.2) is 15.9 Å². The third kappa shape index (κ3) is 2.67. The monoisotopic (exact) mass is 368 g/mol. The zero-order valence-electron chi connectivity index (χ0n) is 14.1. The number of hydrogen-bond donors (Lipinski definition) is 1. The number of aryl methyl sites for hydroxylation is 2. The molecule has 25 heavy (non-hydrogen) atoms. The molecule has 2 fully saturated rings. The van der Waals surface area contributed by atoms with Gasteiger partial charge in [-0.3, -0.25) is 14.2 Å². The molecule has 2 aromatic heterocycles. The van der Waals surface area contributed by atoms with Crippen LogP contribution >= 0.6 is 12.4 Å². The maximum atomic E-state index is 12.6. The second-order valence-electron chi connectivity index (χ2n) is 6.74. The van der Waals surface area contributed by atoms with Crippen molar-refractivity contribution in [1.82, 2.24) is 28.9 Å². The number of nitrogens with zero attached hydrogens (tertiary/aromatic N) is 5. The molecule has 2 saturated heterocycles. The molecule has 4 rings (SSSR count). The predicted octanol–water partition coefficient (Wildman–Crippen LogP) is -1.47. The van der Waals surface area contributed by atoms with E-state index in [2.05, 4.69) is 10.3 Å². The van der Waals surface area contributed by atoms with E-state index in [1.807, 2.05) is 0 Å². The number of amides is 1. The van der Waals surface area contributed by atoms with Crippen LogP contribution in [0.5, 0.6) is 0 Å². The van der Waals surface area contributed by atoms with Gasteiger partial charge in [-0.1, -0.05) is 0 Å². The van der Waals surface area contributed by atoms with Crippen LogP contribution in [0.3, 0.4) is 0 Å². The molecule has 2 atom stereocenters. The summed E-state index contributed by atoms with van der Waals surface area (Å²) in [4.78, 5) is 43.5. The number of rotatable bonds is 2. The molecule has 0 spiro atoms. The number of carbonyl (C=O) groups excluding carboxylic acids is 1. The minimum atomic E-state index is -0.513. The van der Waals surface area contributed by atoms with Crippen molar-refractivity contribution in [2.24, 2.45) is 25.9 Å². The van der Waals surface area contributed by atoms with E-state index >= 15 is 0 Å². The van der Waals surface area contributed by atoms with Crippen molar-refractivity contribution in [3.8, 4) is 0 Å². The van der Waals surface area contributed by atoms with Crippen LogP contribution in [-0.2, 0) is 25.4 Å². The first-order valence-electron chi connectivity index (χ1n) is 8.06. The van der Waals surface area contributed by atoms with E-state index in [-0.39, 0.29) is 24.9 Å². The molecule has 1 N–H and O–H groups in total. The van der Waals surface area contributed by atoms with Gasteiger partial charge in [0.2, 0.25) is 5.91 Å². The highest BCUT2D eigenvalue weighted by Gasteiger charge is 2.38. The summed E-state index contributed by atoms with van der Waals surface area (Å²) in [5.41, 5.74) is -0.325. The lowest BCUT2D eigenvalue weighted by Crippen LogP contribution is -2.44. The predicted molar refractivity (Wildman–Crippen MR) is 93.9 cm³/mol. The van der Waals surface area contributed by atoms with Gasteiger partial charge in [0.15, 0.2) is 11.2 Å². The molecule has 2 aliphatic heterocycles. The van der Waals surface area contributed by atoms with Crippen molar-refractivity contribution in [2.75, 3.05) is 26.2 Å². The molecule has 1 amide bonds. The minimum Gasteiger partial charge on any atom is -0.340 e. The lowest BCUT2D eigenvalue weighted by molar-refractivity contribution is -0.131. The van der Waals surface area contributed by atoms with Crippen molar-refractivity contribution in [1.29, 1.82) is 0 Å². The van der Waals surface area contributed by atoms with Crippen LogP contribution in [0.4, 0.5) is 0 Å². The Labute approximate surface area is 149 Å². The molecule has 0 radical (unpaired) electrons. The van der Waals surface area contributed by atoms with Crippen LogP contribution in [0, 0.1) is 11.8 Å². The van der Waals surface area contributed by atoms with E-state index in [1.54, 1.807) is 23.6 Å². The normalized spacial score (nSPS) is 22.2. The molecular formula is C15H21ClN6O3. The number of hydrogen-bond acceptors (Lipinski definition) is 5. The second-order valence-corrected chi connectivity index (χ2v) is 6.74. The maximum absolute atomic E-state index is 12.6. The van der Waals surface area contributed by atoms with E-state index < -0.39 is 11.2 Å². The Kier molecular flexibility index (Phi) is 4.46. The fraction of sp³-hybridized carbons (Fsp3) is 0.600.